The van der Waals surface area contributed by atoms with E-state index in [2.05, 4.69) is 5.10 Å². The maximum atomic E-state index is 13.2. The van der Waals surface area contributed by atoms with E-state index in [0.717, 1.165) is 36.2 Å². The lowest BCUT2D eigenvalue weighted by atomic mass is 10.1. The highest BCUT2D eigenvalue weighted by atomic mass is 16.5. The normalized spacial score (nSPS) is 21.9. The number of carbonyl (C=O) groups excluding carboxylic acids is 1. The molecule has 7 heteroatoms. The summed E-state index contributed by atoms with van der Waals surface area (Å²) in [6.07, 6.45) is 1.39. The van der Waals surface area contributed by atoms with Crippen LogP contribution in [-0.2, 0) is 22.4 Å². The first-order valence-electron chi connectivity index (χ1n) is 9.29. The lowest BCUT2D eigenvalue weighted by molar-refractivity contribution is -0.160. The van der Waals surface area contributed by atoms with Crippen LogP contribution in [0.4, 0.5) is 0 Å². The molecular formula is C20H23N3O4. The van der Waals surface area contributed by atoms with Gasteiger partial charge in [-0.05, 0) is 45.2 Å². The third-order valence-electron chi connectivity index (χ3n) is 5.23. The van der Waals surface area contributed by atoms with Crippen LogP contribution >= 0.6 is 0 Å². The Kier molecular flexibility index (Phi) is 4.47. The van der Waals surface area contributed by atoms with Gasteiger partial charge in [0.2, 0.25) is 0 Å². The number of aliphatic carboxylic acids is 1. The fraction of sp³-hybridized carbons (Fsp3) is 0.450. The van der Waals surface area contributed by atoms with Crippen molar-refractivity contribution in [2.24, 2.45) is 0 Å². The van der Waals surface area contributed by atoms with Gasteiger partial charge in [0.15, 0.2) is 11.8 Å². The molecule has 1 aliphatic heterocycles. The highest BCUT2D eigenvalue weighted by molar-refractivity contribution is 5.95. The molecule has 4 rings (SSSR count). The van der Waals surface area contributed by atoms with Crippen molar-refractivity contribution in [3.8, 4) is 5.69 Å². The summed E-state index contributed by atoms with van der Waals surface area (Å²) in [7, 11) is 0. The molecule has 2 aromatic rings. The van der Waals surface area contributed by atoms with Crippen molar-refractivity contribution in [1.82, 2.24) is 14.7 Å². The number of carboxylic acids is 1. The number of carboxylic acid groups (broad SMARTS) is 1. The molecule has 1 unspecified atom stereocenters. The minimum absolute atomic E-state index is 0.0463. The number of nitrogens with zero attached hydrogens (tertiary/aromatic N) is 3. The highest BCUT2D eigenvalue weighted by Gasteiger charge is 2.36. The monoisotopic (exact) mass is 369 g/mol. The Morgan fingerprint density at radius 3 is 2.63 bits per heavy atom. The first-order valence-corrected chi connectivity index (χ1v) is 9.29. The van der Waals surface area contributed by atoms with Crippen LogP contribution in [0, 0.1) is 6.92 Å². The van der Waals surface area contributed by atoms with Crippen LogP contribution in [0.25, 0.3) is 5.69 Å². The Morgan fingerprint density at radius 2 is 1.93 bits per heavy atom. The summed E-state index contributed by atoms with van der Waals surface area (Å²) in [6, 6.07) is 8.07. The second kappa shape index (κ2) is 6.81. The average molecular weight is 369 g/mol. The van der Waals surface area contributed by atoms with Gasteiger partial charge in [0.05, 0.1) is 18.3 Å². The largest absolute Gasteiger partial charge is 0.479 e. The molecule has 1 aliphatic carbocycles. The van der Waals surface area contributed by atoms with E-state index in [9.17, 15) is 14.7 Å². The van der Waals surface area contributed by atoms with E-state index in [0.29, 0.717) is 12.2 Å². The number of rotatable bonds is 3. The molecule has 1 N–H and O–H groups in total. The summed E-state index contributed by atoms with van der Waals surface area (Å²) in [5.74, 6) is -1.25. The van der Waals surface area contributed by atoms with Crippen LogP contribution in [0.1, 0.15) is 40.7 Å². The summed E-state index contributed by atoms with van der Waals surface area (Å²) < 4.78 is 7.29. The molecule has 1 aromatic carbocycles. The SMILES string of the molecule is Cc1ccc(-n2nc(C(=O)N3CC(C(=O)O)O[C@H](C)C3)c3c2CCC3)cc1. The number of aromatic nitrogens is 2. The average Bonchev–Trinajstić information content (AvgIpc) is 3.24. The van der Waals surface area contributed by atoms with Crippen molar-refractivity contribution in [2.75, 3.05) is 13.1 Å². The van der Waals surface area contributed by atoms with Gasteiger partial charge in [0, 0.05) is 17.8 Å². The standard InChI is InChI=1S/C20H23N3O4/c1-12-6-8-14(9-7-12)23-16-5-3-4-15(16)18(21-23)19(24)22-10-13(2)27-17(11-22)20(25)26/h6-9,13,17H,3-5,10-11H2,1-2H3,(H,25,26)/t13-,17?/m1/s1. The molecule has 27 heavy (non-hydrogen) atoms. The summed E-state index contributed by atoms with van der Waals surface area (Å²) >= 11 is 0. The van der Waals surface area contributed by atoms with Crippen LogP contribution in [0.3, 0.4) is 0 Å². The zero-order chi connectivity index (χ0) is 19.1. The van der Waals surface area contributed by atoms with Crippen molar-refractivity contribution in [3.05, 3.63) is 46.8 Å². The van der Waals surface area contributed by atoms with Gasteiger partial charge < -0.3 is 14.7 Å². The predicted octanol–water partition coefficient (Wildman–Crippen LogP) is 1.98. The Hall–Kier alpha value is -2.67. The number of hydrogen-bond acceptors (Lipinski definition) is 4. The number of ether oxygens (including phenoxy) is 1. The van der Waals surface area contributed by atoms with Crippen LogP contribution in [0.2, 0.25) is 0 Å². The summed E-state index contributed by atoms with van der Waals surface area (Å²) in [5.41, 5.74) is 4.63. The van der Waals surface area contributed by atoms with Crippen LogP contribution in [0.5, 0.6) is 0 Å². The summed E-state index contributed by atoms with van der Waals surface area (Å²) in [5, 5.41) is 13.9. The molecule has 1 amide bonds. The van der Waals surface area contributed by atoms with E-state index in [1.165, 1.54) is 5.56 Å². The van der Waals surface area contributed by atoms with Gasteiger partial charge in [-0.15, -0.1) is 0 Å². The minimum atomic E-state index is -1.05. The smallest absolute Gasteiger partial charge is 0.334 e. The van der Waals surface area contributed by atoms with Gasteiger partial charge in [0.25, 0.3) is 5.91 Å². The van der Waals surface area contributed by atoms with E-state index in [1.807, 2.05) is 35.9 Å². The number of benzene rings is 1. The fourth-order valence-corrected chi connectivity index (χ4v) is 3.91. The maximum absolute atomic E-state index is 13.2. The van der Waals surface area contributed by atoms with Crippen molar-refractivity contribution in [3.63, 3.8) is 0 Å². The first-order chi connectivity index (χ1) is 12.9. The second-order valence-electron chi connectivity index (χ2n) is 7.36. The molecule has 2 atom stereocenters. The first kappa shape index (κ1) is 17.7. The third kappa shape index (κ3) is 3.23. The molecule has 7 nitrogen and oxygen atoms in total. The quantitative estimate of drug-likeness (QED) is 0.894. The van der Waals surface area contributed by atoms with Crippen LogP contribution in [0.15, 0.2) is 24.3 Å². The van der Waals surface area contributed by atoms with E-state index in [1.54, 1.807) is 11.8 Å². The molecule has 0 radical (unpaired) electrons. The number of amides is 1. The zero-order valence-electron chi connectivity index (χ0n) is 15.5. The number of carbonyl (C=O) groups is 2. The van der Waals surface area contributed by atoms with E-state index in [4.69, 9.17) is 4.74 Å². The molecule has 1 saturated heterocycles. The minimum Gasteiger partial charge on any atom is -0.479 e. The summed E-state index contributed by atoms with van der Waals surface area (Å²) in [6.45, 7) is 4.23. The number of hydrogen-bond donors (Lipinski definition) is 1. The fourth-order valence-electron chi connectivity index (χ4n) is 3.91. The molecule has 1 aromatic heterocycles. The van der Waals surface area contributed by atoms with E-state index < -0.39 is 12.1 Å². The molecule has 2 heterocycles. The lowest BCUT2D eigenvalue weighted by Crippen LogP contribution is -2.52. The number of fused-ring (bicyclic) bond motifs is 1. The van der Waals surface area contributed by atoms with Gasteiger partial charge in [0.1, 0.15) is 0 Å². The van der Waals surface area contributed by atoms with Crippen molar-refractivity contribution >= 4 is 11.9 Å². The second-order valence-corrected chi connectivity index (χ2v) is 7.36. The molecule has 142 valence electrons. The van der Waals surface area contributed by atoms with Crippen LogP contribution < -0.4 is 0 Å². The summed E-state index contributed by atoms with van der Waals surface area (Å²) in [4.78, 5) is 26.1. The van der Waals surface area contributed by atoms with Gasteiger partial charge in [-0.3, -0.25) is 4.79 Å². The van der Waals surface area contributed by atoms with Gasteiger partial charge in [-0.2, -0.15) is 5.10 Å². The number of morpholine rings is 1. The van der Waals surface area contributed by atoms with Gasteiger partial charge >= 0.3 is 5.97 Å². The topological polar surface area (TPSA) is 84.7 Å². The van der Waals surface area contributed by atoms with E-state index in [-0.39, 0.29) is 18.6 Å². The van der Waals surface area contributed by atoms with Crippen LogP contribution in [-0.4, -0.2) is 57.0 Å². The van der Waals surface area contributed by atoms with Crippen molar-refractivity contribution in [1.29, 1.82) is 0 Å². The molecule has 0 spiro atoms. The Balaban J connectivity index is 1.68. The van der Waals surface area contributed by atoms with Gasteiger partial charge in [-0.1, -0.05) is 17.7 Å². The predicted molar refractivity (Wildman–Crippen MR) is 98.2 cm³/mol. The number of aryl methyl sites for hydroxylation is 1. The molecular weight excluding hydrogens is 346 g/mol. The molecule has 0 bridgehead atoms. The zero-order valence-corrected chi connectivity index (χ0v) is 15.5. The molecule has 1 fully saturated rings. The van der Waals surface area contributed by atoms with Gasteiger partial charge in [-0.25, -0.2) is 9.48 Å². The lowest BCUT2D eigenvalue weighted by Gasteiger charge is -2.34. The Morgan fingerprint density at radius 1 is 1.19 bits per heavy atom. The van der Waals surface area contributed by atoms with Crippen molar-refractivity contribution < 1.29 is 19.4 Å². The molecule has 2 aliphatic rings. The molecule has 0 saturated carbocycles. The third-order valence-corrected chi connectivity index (χ3v) is 5.23. The Labute approximate surface area is 157 Å². The Bertz CT molecular complexity index is 887. The maximum Gasteiger partial charge on any atom is 0.334 e. The highest BCUT2D eigenvalue weighted by Crippen LogP contribution is 2.29. The van der Waals surface area contributed by atoms with Crippen molar-refractivity contribution in [2.45, 2.75) is 45.3 Å². The van der Waals surface area contributed by atoms with E-state index >= 15 is 0 Å².